The number of carbonyl (C=O) groups is 2. The zero-order chi connectivity index (χ0) is 21.0. The van der Waals surface area contributed by atoms with Crippen LogP contribution >= 0.6 is 0 Å². The van der Waals surface area contributed by atoms with E-state index in [1.807, 2.05) is 30.5 Å². The highest BCUT2D eigenvalue weighted by Crippen LogP contribution is 2.19. The molecule has 0 spiro atoms. The molecule has 1 atom stereocenters. The Bertz CT molecular complexity index is 1100. The van der Waals surface area contributed by atoms with E-state index >= 15 is 0 Å². The largest absolute Gasteiger partial charge is 0.467 e. The van der Waals surface area contributed by atoms with Gasteiger partial charge in [0.25, 0.3) is 5.91 Å². The highest BCUT2D eigenvalue weighted by Gasteiger charge is 2.24. The quantitative estimate of drug-likeness (QED) is 0.518. The Morgan fingerprint density at radius 1 is 1.28 bits per heavy atom. The van der Waals surface area contributed by atoms with Gasteiger partial charge in [-0.3, -0.25) is 4.79 Å². The van der Waals surface area contributed by atoms with Gasteiger partial charge in [0.05, 0.1) is 13.7 Å². The van der Waals surface area contributed by atoms with E-state index in [1.54, 1.807) is 13.0 Å². The minimum atomic E-state index is -1.26. The molecule has 0 aliphatic rings. The fourth-order valence-electron chi connectivity index (χ4n) is 3.22. The third-order valence-electron chi connectivity index (χ3n) is 4.72. The second-order valence-corrected chi connectivity index (χ2v) is 6.65. The van der Waals surface area contributed by atoms with Crippen LogP contribution in [0.15, 0.2) is 45.7 Å². The summed E-state index contributed by atoms with van der Waals surface area (Å²) in [6.07, 6.45) is 3.08. The zero-order valence-electron chi connectivity index (χ0n) is 16.2. The Hall–Kier alpha value is -3.39. The number of amides is 1. The summed E-state index contributed by atoms with van der Waals surface area (Å²) >= 11 is 0. The molecule has 0 fully saturated rings. The minimum Gasteiger partial charge on any atom is -0.467 e. The molecule has 0 aliphatic carbocycles. The second-order valence-electron chi connectivity index (χ2n) is 6.65. The number of para-hydroxylation sites is 1. The first-order valence-electron chi connectivity index (χ1n) is 9.12. The van der Waals surface area contributed by atoms with Crippen molar-refractivity contribution in [1.29, 1.82) is 0 Å². The third-order valence-corrected chi connectivity index (χ3v) is 4.72. The van der Waals surface area contributed by atoms with E-state index in [4.69, 9.17) is 4.42 Å². The normalized spacial score (nSPS) is 12.0. The van der Waals surface area contributed by atoms with Crippen LogP contribution in [0.2, 0.25) is 0 Å². The second kappa shape index (κ2) is 8.74. The van der Waals surface area contributed by atoms with Crippen molar-refractivity contribution in [2.24, 2.45) is 0 Å². The summed E-state index contributed by atoms with van der Waals surface area (Å²) in [6, 6.07) is 8.31. The summed E-state index contributed by atoms with van der Waals surface area (Å²) in [5, 5.41) is 12.6. The van der Waals surface area contributed by atoms with Crippen LogP contribution in [0.3, 0.4) is 0 Å². The molecule has 1 amide bonds. The molecular weight excluding hydrogens is 376 g/mol. The number of esters is 1. The van der Waals surface area contributed by atoms with E-state index < -0.39 is 30.2 Å². The van der Waals surface area contributed by atoms with Crippen LogP contribution in [0.4, 0.5) is 0 Å². The highest BCUT2D eigenvalue weighted by molar-refractivity contribution is 5.97. The Balaban J connectivity index is 1.76. The maximum Gasteiger partial charge on any atom is 0.349 e. The van der Waals surface area contributed by atoms with Crippen LogP contribution in [-0.4, -0.2) is 41.7 Å². The number of aliphatic hydroxyl groups is 1. The van der Waals surface area contributed by atoms with Gasteiger partial charge in [-0.1, -0.05) is 18.2 Å². The van der Waals surface area contributed by atoms with Crippen molar-refractivity contribution in [3.63, 3.8) is 0 Å². The summed E-state index contributed by atoms with van der Waals surface area (Å²) in [4.78, 5) is 39.5. The zero-order valence-corrected chi connectivity index (χ0v) is 16.2. The molecule has 0 radical (unpaired) electrons. The van der Waals surface area contributed by atoms with E-state index in [9.17, 15) is 19.5 Å². The lowest BCUT2D eigenvalue weighted by molar-refractivity contribution is -0.143. The number of ether oxygens (including phenoxy) is 1. The lowest BCUT2D eigenvalue weighted by atomic mass is 10.1. The van der Waals surface area contributed by atoms with Crippen molar-refractivity contribution in [3.05, 3.63) is 69.4 Å². The number of nitrogens with one attached hydrogen (secondary N) is 2. The number of H-pyrrole nitrogens is 1. The molecule has 2 heterocycles. The first kappa shape index (κ1) is 20.3. The molecule has 3 rings (SSSR count). The molecule has 0 saturated carbocycles. The Labute approximate surface area is 166 Å². The average Bonchev–Trinajstić information content (AvgIpc) is 3.12. The highest BCUT2D eigenvalue weighted by atomic mass is 16.5. The van der Waals surface area contributed by atoms with Crippen molar-refractivity contribution in [3.8, 4) is 0 Å². The predicted octanol–water partition coefficient (Wildman–Crippen LogP) is 1.48. The maximum atomic E-state index is 12.4. The fraction of sp³-hybridized carbons (Fsp3) is 0.286. The van der Waals surface area contributed by atoms with Crippen molar-refractivity contribution in [2.75, 3.05) is 13.7 Å². The van der Waals surface area contributed by atoms with Gasteiger partial charge in [0.2, 0.25) is 0 Å². The van der Waals surface area contributed by atoms with Crippen LogP contribution in [0.25, 0.3) is 10.9 Å². The van der Waals surface area contributed by atoms with Gasteiger partial charge in [0, 0.05) is 23.5 Å². The third kappa shape index (κ3) is 4.38. The number of aromatic amines is 1. The number of benzene rings is 1. The number of aromatic nitrogens is 1. The molecule has 2 aromatic heterocycles. The molecule has 29 heavy (non-hydrogen) atoms. The first-order chi connectivity index (χ1) is 13.9. The number of hydrogen-bond acceptors (Lipinski definition) is 6. The number of aryl methyl sites for hydroxylation is 3. The number of carbonyl (C=O) groups excluding carboxylic acids is 2. The fourth-order valence-corrected chi connectivity index (χ4v) is 3.22. The Morgan fingerprint density at radius 3 is 2.72 bits per heavy atom. The number of aliphatic hydroxyl groups excluding tert-OH is 1. The molecule has 3 N–H and O–H groups in total. The van der Waals surface area contributed by atoms with Crippen molar-refractivity contribution >= 4 is 22.8 Å². The van der Waals surface area contributed by atoms with Gasteiger partial charge in [-0.2, -0.15) is 0 Å². The molecular formula is C21H22N2O6. The van der Waals surface area contributed by atoms with Gasteiger partial charge in [-0.15, -0.1) is 0 Å². The van der Waals surface area contributed by atoms with Gasteiger partial charge < -0.3 is 24.6 Å². The summed E-state index contributed by atoms with van der Waals surface area (Å²) in [6.45, 7) is 0.971. The van der Waals surface area contributed by atoms with Crippen LogP contribution in [0.5, 0.6) is 0 Å². The number of methoxy groups -OCH3 is 1. The molecule has 0 aliphatic heterocycles. The molecule has 0 saturated heterocycles. The van der Waals surface area contributed by atoms with Crippen molar-refractivity contribution < 1.29 is 23.8 Å². The van der Waals surface area contributed by atoms with Crippen LogP contribution in [0.1, 0.15) is 27.2 Å². The SMILES string of the molecule is COC(=O)C(CO)NC(=O)c1c(C)cc(CCc2c[nH]c3ccccc23)oc1=O. The summed E-state index contributed by atoms with van der Waals surface area (Å²) in [5.74, 6) is -1.15. The molecule has 3 aromatic rings. The predicted molar refractivity (Wildman–Crippen MR) is 106 cm³/mol. The van der Waals surface area contributed by atoms with Crippen LogP contribution in [-0.2, 0) is 22.4 Å². The van der Waals surface area contributed by atoms with Crippen LogP contribution in [0, 0.1) is 6.92 Å². The molecule has 8 heteroatoms. The van der Waals surface area contributed by atoms with Gasteiger partial charge in [0.15, 0.2) is 6.04 Å². The molecule has 1 aromatic carbocycles. The smallest absolute Gasteiger partial charge is 0.349 e. The molecule has 152 valence electrons. The molecule has 1 unspecified atom stereocenters. The number of rotatable bonds is 7. The van der Waals surface area contributed by atoms with Gasteiger partial charge >= 0.3 is 11.6 Å². The summed E-state index contributed by atoms with van der Waals surface area (Å²) < 4.78 is 9.82. The summed E-state index contributed by atoms with van der Waals surface area (Å²) in [7, 11) is 1.14. The summed E-state index contributed by atoms with van der Waals surface area (Å²) in [5.41, 5.74) is 1.57. The van der Waals surface area contributed by atoms with E-state index in [0.29, 0.717) is 24.2 Å². The van der Waals surface area contributed by atoms with Crippen LogP contribution < -0.4 is 10.9 Å². The van der Waals surface area contributed by atoms with Gasteiger partial charge in [0.1, 0.15) is 11.3 Å². The lowest BCUT2D eigenvalue weighted by Crippen LogP contribution is -2.45. The Kier molecular flexibility index (Phi) is 6.13. The van der Waals surface area contributed by atoms with E-state index in [1.165, 1.54) is 0 Å². The monoisotopic (exact) mass is 398 g/mol. The minimum absolute atomic E-state index is 0.205. The standard InChI is InChI=1S/C21H22N2O6/c1-12-9-14(8-7-13-10-22-16-6-4-3-5-15(13)16)29-21(27)18(12)19(25)23-17(11-24)20(26)28-2/h3-6,9-10,17,22,24H,7-8,11H2,1-2H3,(H,23,25). The van der Waals surface area contributed by atoms with E-state index in [2.05, 4.69) is 15.0 Å². The topological polar surface area (TPSA) is 122 Å². The average molecular weight is 398 g/mol. The molecule has 0 bridgehead atoms. The first-order valence-corrected chi connectivity index (χ1v) is 9.12. The number of hydrogen-bond donors (Lipinski definition) is 3. The number of fused-ring (bicyclic) bond motifs is 1. The lowest BCUT2D eigenvalue weighted by Gasteiger charge is -2.14. The van der Waals surface area contributed by atoms with Crippen molar-refractivity contribution in [2.45, 2.75) is 25.8 Å². The Morgan fingerprint density at radius 2 is 2.03 bits per heavy atom. The van der Waals surface area contributed by atoms with E-state index in [-0.39, 0.29) is 5.56 Å². The maximum absolute atomic E-state index is 12.4. The van der Waals surface area contributed by atoms with E-state index in [0.717, 1.165) is 23.6 Å². The van der Waals surface area contributed by atoms with Crippen molar-refractivity contribution in [1.82, 2.24) is 10.3 Å². The van der Waals surface area contributed by atoms with Gasteiger partial charge in [-0.25, -0.2) is 9.59 Å². The van der Waals surface area contributed by atoms with Gasteiger partial charge in [-0.05, 0) is 36.6 Å². The molecule has 8 nitrogen and oxygen atoms in total.